The number of para-hydroxylation sites is 1. The molecule has 4 rings (SSSR count). The van der Waals surface area contributed by atoms with Crippen LogP contribution in [-0.4, -0.2) is 46.1 Å². The number of thiophene rings is 1. The van der Waals surface area contributed by atoms with Gasteiger partial charge in [-0.15, -0.1) is 23.7 Å². The number of hydrogen-bond acceptors (Lipinski definition) is 4. The van der Waals surface area contributed by atoms with Crippen LogP contribution in [0.5, 0.6) is 0 Å². The average Bonchev–Trinajstić information content (AvgIpc) is 3.36. The van der Waals surface area contributed by atoms with Gasteiger partial charge in [0.05, 0.1) is 11.0 Å². The number of nitrogens with zero attached hydrogens (tertiary/aromatic N) is 2. The molecule has 0 radical (unpaired) electrons. The second-order valence-corrected chi connectivity index (χ2v) is 8.39. The van der Waals surface area contributed by atoms with Crippen molar-refractivity contribution < 1.29 is 9.90 Å². The zero-order chi connectivity index (χ0) is 19.3. The number of aliphatic hydroxyl groups is 1. The second-order valence-electron chi connectivity index (χ2n) is 7.44. The van der Waals surface area contributed by atoms with Gasteiger partial charge in [-0.1, -0.05) is 30.7 Å². The lowest BCUT2D eigenvalue weighted by Gasteiger charge is -2.28. The number of ketones is 1. The summed E-state index contributed by atoms with van der Waals surface area (Å²) in [5.74, 6) is 0.0250. The summed E-state index contributed by atoms with van der Waals surface area (Å²) in [6.45, 7) is 3.45. The van der Waals surface area contributed by atoms with E-state index in [0.29, 0.717) is 13.1 Å². The summed E-state index contributed by atoms with van der Waals surface area (Å²) >= 11 is 1.46. The van der Waals surface area contributed by atoms with Crippen LogP contribution in [0.15, 0.2) is 54.1 Å². The van der Waals surface area contributed by atoms with Crippen LogP contribution in [-0.2, 0) is 6.54 Å². The smallest absolute Gasteiger partial charge is 0.195 e. The SMILES string of the molecule is Cl.O=C(/C=C/c1cn(CC(O)CN2CCCCC2)c2ccccc12)c1cccs1. The van der Waals surface area contributed by atoms with Crippen LogP contribution < -0.4 is 0 Å². The Labute approximate surface area is 181 Å². The zero-order valence-corrected chi connectivity index (χ0v) is 18.0. The number of aromatic nitrogens is 1. The molecular formula is C23H27ClN2O2S. The Morgan fingerprint density at radius 2 is 1.90 bits per heavy atom. The molecule has 2 aromatic heterocycles. The van der Waals surface area contributed by atoms with Gasteiger partial charge >= 0.3 is 0 Å². The maximum absolute atomic E-state index is 12.3. The quantitative estimate of drug-likeness (QED) is 0.429. The molecule has 1 unspecified atom stereocenters. The first kappa shape index (κ1) is 21.8. The summed E-state index contributed by atoms with van der Waals surface area (Å²) in [6.07, 6.45) is 8.92. The lowest BCUT2D eigenvalue weighted by atomic mass is 10.1. The Balaban J connectivity index is 0.00000240. The monoisotopic (exact) mass is 430 g/mol. The third-order valence-electron chi connectivity index (χ3n) is 5.32. The van der Waals surface area contributed by atoms with Crippen LogP contribution in [0.1, 0.15) is 34.5 Å². The van der Waals surface area contributed by atoms with Crippen molar-refractivity contribution in [3.05, 3.63) is 64.5 Å². The predicted octanol–water partition coefficient (Wildman–Crippen LogP) is 4.87. The summed E-state index contributed by atoms with van der Waals surface area (Å²) < 4.78 is 2.11. The minimum absolute atomic E-state index is 0. The molecular weight excluding hydrogens is 404 g/mol. The molecule has 29 heavy (non-hydrogen) atoms. The van der Waals surface area contributed by atoms with Crippen LogP contribution in [0.2, 0.25) is 0 Å². The van der Waals surface area contributed by atoms with E-state index in [0.717, 1.165) is 34.4 Å². The standard InChI is InChI=1S/C23H26N2O2S.ClH/c26-19(16-24-12-4-1-5-13-24)17-25-15-18(20-7-2-3-8-21(20)25)10-11-22(27)23-9-6-14-28-23;/h2-3,6-11,14-15,19,26H,1,4-5,12-13,16-17H2;1H/b11-10+;. The normalized spacial score (nSPS) is 16.2. The molecule has 1 aliphatic heterocycles. The molecule has 0 spiro atoms. The van der Waals surface area contributed by atoms with Gasteiger partial charge in [-0.25, -0.2) is 0 Å². The van der Waals surface area contributed by atoms with Gasteiger partial charge in [0.2, 0.25) is 0 Å². The molecule has 0 amide bonds. The van der Waals surface area contributed by atoms with E-state index in [1.807, 2.05) is 41.9 Å². The molecule has 4 nitrogen and oxygen atoms in total. The minimum Gasteiger partial charge on any atom is -0.390 e. The molecule has 1 aromatic carbocycles. The Morgan fingerprint density at radius 3 is 2.66 bits per heavy atom. The van der Waals surface area contributed by atoms with Crippen LogP contribution in [0, 0.1) is 0 Å². The number of piperidine rings is 1. The first-order valence-electron chi connectivity index (χ1n) is 9.95. The van der Waals surface area contributed by atoms with Gasteiger partial charge in [0.25, 0.3) is 0 Å². The predicted molar refractivity (Wildman–Crippen MR) is 123 cm³/mol. The molecule has 1 aliphatic rings. The van der Waals surface area contributed by atoms with Crippen molar-refractivity contribution in [3.63, 3.8) is 0 Å². The molecule has 6 heteroatoms. The lowest BCUT2D eigenvalue weighted by molar-refractivity contribution is 0.0892. The number of carbonyl (C=O) groups is 1. The van der Waals surface area contributed by atoms with E-state index in [1.54, 1.807) is 6.08 Å². The van der Waals surface area contributed by atoms with E-state index < -0.39 is 6.10 Å². The lowest BCUT2D eigenvalue weighted by Crippen LogP contribution is -2.37. The van der Waals surface area contributed by atoms with Gasteiger partial charge in [0.1, 0.15) is 0 Å². The van der Waals surface area contributed by atoms with Crippen molar-refractivity contribution in [2.45, 2.75) is 31.9 Å². The highest BCUT2D eigenvalue weighted by atomic mass is 35.5. The summed E-state index contributed by atoms with van der Waals surface area (Å²) in [4.78, 5) is 15.4. The highest BCUT2D eigenvalue weighted by Gasteiger charge is 2.16. The number of benzene rings is 1. The van der Waals surface area contributed by atoms with E-state index in [9.17, 15) is 9.90 Å². The number of likely N-dealkylation sites (tertiary alicyclic amines) is 1. The number of hydrogen-bond donors (Lipinski definition) is 1. The first-order chi connectivity index (χ1) is 13.7. The number of β-amino-alcohol motifs (C(OH)–C–C–N with tert-alkyl or cyclic N) is 1. The van der Waals surface area contributed by atoms with Gasteiger partial charge in [0.15, 0.2) is 5.78 Å². The molecule has 1 atom stereocenters. The van der Waals surface area contributed by atoms with Crippen LogP contribution in [0.4, 0.5) is 0 Å². The maximum atomic E-state index is 12.3. The number of aliphatic hydroxyl groups excluding tert-OH is 1. The van der Waals surface area contributed by atoms with Crippen LogP contribution in [0.3, 0.4) is 0 Å². The summed E-state index contributed by atoms with van der Waals surface area (Å²) in [5.41, 5.74) is 2.09. The van der Waals surface area contributed by atoms with Crippen molar-refractivity contribution in [1.29, 1.82) is 0 Å². The van der Waals surface area contributed by atoms with Crippen LogP contribution >= 0.6 is 23.7 Å². The molecule has 1 saturated heterocycles. The number of carbonyl (C=O) groups excluding carboxylic acids is 1. The van der Waals surface area contributed by atoms with E-state index in [1.165, 1.54) is 30.6 Å². The summed E-state index contributed by atoms with van der Waals surface area (Å²) in [6, 6.07) is 11.9. The maximum Gasteiger partial charge on any atom is 0.195 e. The van der Waals surface area contributed by atoms with E-state index in [2.05, 4.69) is 21.6 Å². The molecule has 154 valence electrons. The molecule has 3 aromatic rings. The molecule has 0 bridgehead atoms. The van der Waals surface area contributed by atoms with Crippen LogP contribution in [0.25, 0.3) is 17.0 Å². The second kappa shape index (κ2) is 10.2. The van der Waals surface area contributed by atoms with Gasteiger partial charge < -0.3 is 14.6 Å². The fourth-order valence-corrected chi connectivity index (χ4v) is 4.60. The highest BCUT2D eigenvalue weighted by Crippen LogP contribution is 2.24. The number of allylic oxidation sites excluding steroid dienone is 1. The summed E-state index contributed by atoms with van der Waals surface area (Å²) in [7, 11) is 0. The van der Waals surface area contributed by atoms with Crippen molar-refractivity contribution >= 4 is 46.5 Å². The molecule has 1 fully saturated rings. The fraction of sp³-hybridized carbons (Fsp3) is 0.348. The summed E-state index contributed by atoms with van der Waals surface area (Å²) in [5, 5.41) is 13.6. The van der Waals surface area contributed by atoms with E-state index in [4.69, 9.17) is 0 Å². The zero-order valence-electron chi connectivity index (χ0n) is 16.4. The third-order valence-corrected chi connectivity index (χ3v) is 6.21. The minimum atomic E-state index is -0.404. The third kappa shape index (κ3) is 5.37. The molecule has 0 aliphatic carbocycles. The Bertz CT molecular complexity index is 959. The average molecular weight is 431 g/mol. The largest absolute Gasteiger partial charge is 0.390 e. The molecule has 1 N–H and O–H groups in total. The van der Waals surface area contributed by atoms with Gasteiger partial charge in [0, 0.05) is 35.8 Å². The first-order valence-corrected chi connectivity index (χ1v) is 10.8. The van der Waals surface area contributed by atoms with Gasteiger partial charge in [-0.05, 0) is 55.6 Å². The number of rotatable bonds is 7. The highest BCUT2D eigenvalue weighted by molar-refractivity contribution is 7.12. The van der Waals surface area contributed by atoms with Crippen molar-refractivity contribution in [3.8, 4) is 0 Å². The molecule has 3 heterocycles. The Hall–Kier alpha value is -1.92. The van der Waals surface area contributed by atoms with Crippen molar-refractivity contribution in [2.75, 3.05) is 19.6 Å². The Morgan fingerprint density at radius 1 is 1.10 bits per heavy atom. The van der Waals surface area contributed by atoms with Gasteiger partial charge in [-0.3, -0.25) is 4.79 Å². The number of halogens is 1. The van der Waals surface area contributed by atoms with Crippen molar-refractivity contribution in [1.82, 2.24) is 9.47 Å². The van der Waals surface area contributed by atoms with E-state index in [-0.39, 0.29) is 18.2 Å². The Kier molecular flexibility index (Phi) is 7.67. The topological polar surface area (TPSA) is 45.5 Å². The molecule has 0 saturated carbocycles. The van der Waals surface area contributed by atoms with Gasteiger partial charge in [-0.2, -0.15) is 0 Å². The fourth-order valence-electron chi connectivity index (χ4n) is 3.95. The van der Waals surface area contributed by atoms with Crippen molar-refractivity contribution in [2.24, 2.45) is 0 Å². The van der Waals surface area contributed by atoms with E-state index >= 15 is 0 Å². The number of fused-ring (bicyclic) bond motifs is 1.